The van der Waals surface area contributed by atoms with Gasteiger partial charge in [-0.2, -0.15) is 4.68 Å². The fourth-order valence-corrected chi connectivity index (χ4v) is 1.48. The molecule has 0 saturated heterocycles. The van der Waals surface area contributed by atoms with Crippen molar-refractivity contribution in [2.75, 3.05) is 7.11 Å². The second kappa shape index (κ2) is 4.04. The van der Waals surface area contributed by atoms with Crippen LogP contribution >= 0.6 is 23.2 Å². The van der Waals surface area contributed by atoms with Crippen molar-refractivity contribution in [2.45, 2.75) is 0 Å². The van der Waals surface area contributed by atoms with Gasteiger partial charge in [0.15, 0.2) is 0 Å². The Bertz CT molecular complexity index is 485. The summed E-state index contributed by atoms with van der Waals surface area (Å²) in [4.78, 5) is 0. The summed E-state index contributed by atoms with van der Waals surface area (Å²) in [5.41, 5.74) is 0.597. The van der Waals surface area contributed by atoms with Gasteiger partial charge in [-0.15, -0.1) is 0 Å². The SMILES string of the molecule is COc1ccc(Cl)cc1-n1nnnc1Cl. The molecule has 0 aliphatic rings. The quantitative estimate of drug-likeness (QED) is 0.811. The number of hydrogen-bond donors (Lipinski definition) is 0. The minimum absolute atomic E-state index is 0.149. The fourth-order valence-electron chi connectivity index (χ4n) is 1.15. The lowest BCUT2D eigenvalue weighted by molar-refractivity contribution is 0.411. The Balaban J connectivity index is 2.60. The van der Waals surface area contributed by atoms with Gasteiger partial charge in [-0.05, 0) is 40.2 Å². The highest BCUT2D eigenvalue weighted by Gasteiger charge is 2.11. The van der Waals surface area contributed by atoms with Gasteiger partial charge in [-0.3, -0.25) is 0 Å². The summed E-state index contributed by atoms with van der Waals surface area (Å²) in [7, 11) is 1.55. The largest absolute Gasteiger partial charge is 0.494 e. The Labute approximate surface area is 95.6 Å². The van der Waals surface area contributed by atoms with E-state index in [2.05, 4.69) is 15.5 Å². The van der Waals surface area contributed by atoms with Crippen molar-refractivity contribution in [1.82, 2.24) is 20.2 Å². The van der Waals surface area contributed by atoms with E-state index in [0.717, 1.165) is 0 Å². The molecule has 0 atom stereocenters. The van der Waals surface area contributed by atoms with E-state index in [4.69, 9.17) is 27.9 Å². The Morgan fingerprint density at radius 1 is 1.33 bits per heavy atom. The molecule has 1 heterocycles. The third-order valence-corrected chi connectivity index (χ3v) is 2.27. The molecule has 0 aliphatic carbocycles. The molecule has 15 heavy (non-hydrogen) atoms. The molecule has 0 amide bonds. The van der Waals surface area contributed by atoms with Gasteiger partial charge < -0.3 is 4.74 Å². The summed E-state index contributed by atoms with van der Waals surface area (Å²) in [6.45, 7) is 0. The summed E-state index contributed by atoms with van der Waals surface area (Å²) in [5.74, 6) is 0.591. The van der Waals surface area contributed by atoms with E-state index in [1.807, 2.05) is 0 Å². The fraction of sp³-hybridized carbons (Fsp3) is 0.125. The van der Waals surface area contributed by atoms with E-state index in [-0.39, 0.29) is 5.28 Å². The molecule has 0 bridgehead atoms. The van der Waals surface area contributed by atoms with Crippen LogP contribution in [0.2, 0.25) is 10.3 Å². The molecule has 78 valence electrons. The Kier molecular flexibility index (Phi) is 2.75. The monoisotopic (exact) mass is 244 g/mol. The second-order valence-electron chi connectivity index (χ2n) is 2.68. The van der Waals surface area contributed by atoms with Gasteiger partial charge in [0, 0.05) is 5.02 Å². The smallest absolute Gasteiger partial charge is 0.248 e. The maximum absolute atomic E-state index is 5.86. The van der Waals surface area contributed by atoms with Gasteiger partial charge >= 0.3 is 0 Å². The molecule has 0 fully saturated rings. The van der Waals surface area contributed by atoms with Crippen LogP contribution in [0.1, 0.15) is 0 Å². The highest BCUT2D eigenvalue weighted by atomic mass is 35.5. The predicted octanol–water partition coefficient (Wildman–Crippen LogP) is 1.98. The van der Waals surface area contributed by atoms with Gasteiger partial charge in [-0.25, -0.2) is 0 Å². The Morgan fingerprint density at radius 3 is 2.73 bits per heavy atom. The van der Waals surface area contributed by atoms with Crippen molar-refractivity contribution in [3.05, 3.63) is 28.5 Å². The summed E-state index contributed by atoms with van der Waals surface area (Å²) >= 11 is 11.6. The van der Waals surface area contributed by atoms with Crippen LogP contribution in [-0.2, 0) is 0 Å². The molecular formula is C8H6Cl2N4O. The standard InChI is InChI=1S/C8H6Cl2N4O/c1-15-7-3-2-5(9)4-6(7)14-8(10)11-12-13-14/h2-4H,1H3. The maximum Gasteiger partial charge on any atom is 0.248 e. The number of aromatic nitrogens is 4. The van der Waals surface area contributed by atoms with E-state index in [0.29, 0.717) is 16.5 Å². The van der Waals surface area contributed by atoms with E-state index in [1.165, 1.54) is 4.68 Å². The van der Waals surface area contributed by atoms with Crippen LogP contribution in [0.15, 0.2) is 18.2 Å². The van der Waals surface area contributed by atoms with Crippen LogP contribution in [-0.4, -0.2) is 27.3 Å². The van der Waals surface area contributed by atoms with Gasteiger partial charge in [0.05, 0.1) is 7.11 Å². The molecule has 0 N–H and O–H groups in total. The van der Waals surface area contributed by atoms with Gasteiger partial charge in [0.2, 0.25) is 5.28 Å². The third kappa shape index (κ3) is 1.88. The molecule has 0 aliphatic heterocycles. The Morgan fingerprint density at radius 2 is 2.13 bits per heavy atom. The predicted molar refractivity (Wildman–Crippen MR) is 55.7 cm³/mol. The first-order valence-corrected chi connectivity index (χ1v) is 4.76. The number of tetrazole rings is 1. The Hall–Kier alpha value is -1.33. The van der Waals surface area contributed by atoms with Gasteiger partial charge in [0.25, 0.3) is 0 Å². The first-order chi connectivity index (χ1) is 7.22. The summed E-state index contributed by atoms with van der Waals surface area (Å²) in [6.07, 6.45) is 0. The molecular weight excluding hydrogens is 239 g/mol. The van der Waals surface area contributed by atoms with Crippen LogP contribution in [0.4, 0.5) is 0 Å². The van der Waals surface area contributed by atoms with Crippen LogP contribution in [0.3, 0.4) is 0 Å². The summed E-state index contributed by atoms with van der Waals surface area (Å²) < 4.78 is 6.48. The molecule has 2 aromatic rings. The van der Waals surface area contributed by atoms with Crippen molar-refractivity contribution < 1.29 is 4.74 Å². The van der Waals surface area contributed by atoms with E-state index in [9.17, 15) is 0 Å². The number of ether oxygens (including phenoxy) is 1. The normalized spacial score (nSPS) is 10.3. The first-order valence-electron chi connectivity index (χ1n) is 4.00. The molecule has 2 rings (SSSR count). The number of rotatable bonds is 2. The average molecular weight is 245 g/mol. The molecule has 5 nitrogen and oxygen atoms in total. The summed E-state index contributed by atoms with van der Waals surface area (Å²) in [6, 6.07) is 5.10. The van der Waals surface area contributed by atoms with Crippen molar-refractivity contribution in [3.8, 4) is 11.4 Å². The van der Waals surface area contributed by atoms with Crippen molar-refractivity contribution >= 4 is 23.2 Å². The van der Waals surface area contributed by atoms with Gasteiger partial charge in [-0.1, -0.05) is 16.7 Å². The lowest BCUT2D eigenvalue weighted by atomic mass is 10.3. The summed E-state index contributed by atoms with van der Waals surface area (Å²) in [5, 5.41) is 11.4. The van der Waals surface area contributed by atoms with E-state index in [1.54, 1.807) is 25.3 Å². The van der Waals surface area contributed by atoms with Crippen LogP contribution in [0, 0.1) is 0 Å². The lowest BCUT2D eigenvalue weighted by Crippen LogP contribution is -2.00. The molecule has 1 aromatic heterocycles. The molecule has 0 radical (unpaired) electrons. The topological polar surface area (TPSA) is 52.8 Å². The second-order valence-corrected chi connectivity index (χ2v) is 3.45. The third-order valence-electron chi connectivity index (χ3n) is 1.80. The average Bonchev–Trinajstić information content (AvgIpc) is 2.64. The van der Waals surface area contributed by atoms with Crippen molar-refractivity contribution in [2.24, 2.45) is 0 Å². The molecule has 0 spiro atoms. The zero-order valence-corrected chi connectivity index (χ0v) is 9.20. The van der Waals surface area contributed by atoms with E-state index < -0.39 is 0 Å². The minimum Gasteiger partial charge on any atom is -0.494 e. The first kappa shape index (κ1) is 10.2. The molecule has 7 heteroatoms. The molecule has 1 aromatic carbocycles. The number of hydrogen-bond acceptors (Lipinski definition) is 4. The van der Waals surface area contributed by atoms with Crippen LogP contribution in [0.25, 0.3) is 5.69 Å². The number of halogens is 2. The molecule has 0 saturated carbocycles. The number of nitrogens with zero attached hydrogens (tertiary/aromatic N) is 4. The number of benzene rings is 1. The van der Waals surface area contributed by atoms with Gasteiger partial charge in [0.1, 0.15) is 11.4 Å². The number of methoxy groups -OCH3 is 1. The minimum atomic E-state index is 0.149. The van der Waals surface area contributed by atoms with Crippen LogP contribution < -0.4 is 4.74 Å². The maximum atomic E-state index is 5.86. The highest BCUT2D eigenvalue weighted by molar-refractivity contribution is 6.31. The lowest BCUT2D eigenvalue weighted by Gasteiger charge is -2.07. The zero-order chi connectivity index (χ0) is 10.8. The van der Waals surface area contributed by atoms with Crippen molar-refractivity contribution in [1.29, 1.82) is 0 Å². The van der Waals surface area contributed by atoms with Crippen molar-refractivity contribution in [3.63, 3.8) is 0 Å². The van der Waals surface area contributed by atoms with E-state index >= 15 is 0 Å². The zero-order valence-electron chi connectivity index (χ0n) is 7.69. The molecule has 0 unspecified atom stereocenters. The van der Waals surface area contributed by atoms with Crippen LogP contribution in [0.5, 0.6) is 5.75 Å². The highest BCUT2D eigenvalue weighted by Crippen LogP contribution is 2.26.